The summed E-state index contributed by atoms with van der Waals surface area (Å²) in [6, 6.07) is 3.35. The Morgan fingerprint density at radius 3 is 2.92 bits per heavy atom. The highest BCUT2D eigenvalue weighted by atomic mass is 19.1. The van der Waals surface area contributed by atoms with Crippen molar-refractivity contribution >= 4 is 11.7 Å². The number of halogens is 1. The van der Waals surface area contributed by atoms with Gasteiger partial charge in [-0.2, -0.15) is 0 Å². The number of amides is 1. The number of hydrogen-bond donors (Lipinski definition) is 2. The molecule has 1 saturated carbocycles. The fraction of sp³-hybridized carbons (Fsp3) is 0.444. The molecule has 4 rings (SSSR count). The molecule has 8 heteroatoms. The third kappa shape index (κ3) is 3.37. The van der Waals surface area contributed by atoms with E-state index >= 15 is 0 Å². The van der Waals surface area contributed by atoms with Crippen LogP contribution in [0, 0.1) is 5.82 Å². The van der Waals surface area contributed by atoms with Crippen molar-refractivity contribution in [3.63, 3.8) is 0 Å². The quantitative estimate of drug-likeness (QED) is 0.856. The first-order chi connectivity index (χ1) is 12.6. The lowest BCUT2D eigenvalue weighted by molar-refractivity contribution is 0.0904. The van der Waals surface area contributed by atoms with Gasteiger partial charge in [0, 0.05) is 43.0 Å². The molecule has 26 heavy (non-hydrogen) atoms. The molecule has 7 nitrogen and oxygen atoms in total. The van der Waals surface area contributed by atoms with Crippen LogP contribution < -0.4 is 10.2 Å². The summed E-state index contributed by atoms with van der Waals surface area (Å²) in [5.74, 6) is 0.0478. The van der Waals surface area contributed by atoms with Crippen molar-refractivity contribution in [3.8, 4) is 0 Å². The smallest absolute Gasteiger partial charge is 0.254 e. The van der Waals surface area contributed by atoms with Gasteiger partial charge in [-0.05, 0) is 25.3 Å². The molecule has 0 spiro atoms. The van der Waals surface area contributed by atoms with Crippen LogP contribution in [0.25, 0.3) is 0 Å². The maximum atomic E-state index is 13.6. The van der Waals surface area contributed by atoms with Crippen LogP contribution in [0.15, 0.2) is 30.9 Å². The molecule has 2 fully saturated rings. The number of hydrogen-bond acceptors (Lipinski definition) is 6. The summed E-state index contributed by atoms with van der Waals surface area (Å²) in [7, 11) is 0. The fourth-order valence-corrected chi connectivity index (χ4v) is 3.51. The van der Waals surface area contributed by atoms with Crippen molar-refractivity contribution in [3.05, 3.63) is 47.9 Å². The third-order valence-corrected chi connectivity index (χ3v) is 5.07. The van der Waals surface area contributed by atoms with Crippen LogP contribution in [0.2, 0.25) is 0 Å². The molecule has 1 atom stereocenters. The van der Waals surface area contributed by atoms with Crippen LogP contribution in [0.5, 0.6) is 0 Å². The molecule has 1 amide bonds. The zero-order chi connectivity index (χ0) is 18.1. The minimum atomic E-state index is -0.617. The molecule has 0 bridgehead atoms. The SMILES string of the molecule is O=C(NC1CC(c2cc(N3CC[C@H](O)C3)ncn2)C1)c1ccncc1F. The van der Waals surface area contributed by atoms with E-state index in [1.165, 1.54) is 12.3 Å². The van der Waals surface area contributed by atoms with E-state index in [0.29, 0.717) is 6.54 Å². The normalized spacial score (nSPS) is 25.0. The van der Waals surface area contributed by atoms with Crippen LogP contribution >= 0.6 is 0 Å². The van der Waals surface area contributed by atoms with Gasteiger partial charge in [0.15, 0.2) is 5.82 Å². The minimum Gasteiger partial charge on any atom is -0.391 e. The molecule has 2 aliphatic rings. The maximum Gasteiger partial charge on any atom is 0.254 e. The standard InChI is InChI=1S/C18H20FN5O2/c19-15-8-20-3-1-14(15)18(26)23-12-5-11(6-12)16-7-17(22-10-21-16)24-4-2-13(25)9-24/h1,3,7-8,10-13,25H,2,4-6,9H2,(H,23,26)/t11?,12?,13-/m0/s1. The molecule has 2 aromatic heterocycles. The number of anilines is 1. The molecule has 136 valence electrons. The Kier molecular flexibility index (Phi) is 4.50. The van der Waals surface area contributed by atoms with E-state index in [1.807, 2.05) is 6.07 Å². The first kappa shape index (κ1) is 16.8. The number of nitrogens with one attached hydrogen (secondary N) is 1. The zero-order valence-electron chi connectivity index (χ0n) is 14.2. The van der Waals surface area contributed by atoms with Gasteiger partial charge in [-0.1, -0.05) is 0 Å². The summed E-state index contributed by atoms with van der Waals surface area (Å²) in [6.45, 7) is 1.38. The van der Waals surface area contributed by atoms with Crippen molar-refractivity contribution < 1.29 is 14.3 Å². The number of aliphatic hydroxyl groups is 1. The topological polar surface area (TPSA) is 91.2 Å². The monoisotopic (exact) mass is 357 g/mol. The maximum absolute atomic E-state index is 13.6. The number of aliphatic hydroxyl groups excluding tert-OH is 1. The van der Waals surface area contributed by atoms with Crippen molar-refractivity contribution in [1.82, 2.24) is 20.3 Å². The number of β-amino-alcohol motifs (C(OH)–C–C–N with tert-alkyl or cyclic N) is 1. The number of aromatic nitrogens is 3. The Labute approximate surface area is 150 Å². The van der Waals surface area contributed by atoms with Gasteiger partial charge in [0.05, 0.1) is 17.9 Å². The van der Waals surface area contributed by atoms with E-state index in [-0.39, 0.29) is 23.6 Å². The Balaban J connectivity index is 1.35. The molecular formula is C18H20FN5O2. The summed E-state index contributed by atoms with van der Waals surface area (Å²) in [4.78, 5) is 26.5. The Hall–Kier alpha value is -2.61. The third-order valence-electron chi connectivity index (χ3n) is 5.07. The lowest BCUT2D eigenvalue weighted by Gasteiger charge is -2.35. The van der Waals surface area contributed by atoms with Crippen LogP contribution in [0.3, 0.4) is 0 Å². The van der Waals surface area contributed by atoms with Gasteiger partial charge in [-0.3, -0.25) is 9.78 Å². The predicted octanol–water partition coefficient (Wildman–Crippen LogP) is 1.26. The number of nitrogens with zero attached hydrogens (tertiary/aromatic N) is 4. The van der Waals surface area contributed by atoms with Crippen molar-refractivity contribution in [2.45, 2.75) is 37.3 Å². The highest BCUT2D eigenvalue weighted by molar-refractivity contribution is 5.94. The molecule has 3 heterocycles. The van der Waals surface area contributed by atoms with Gasteiger partial charge >= 0.3 is 0 Å². The van der Waals surface area contributed by atoms with E-state index in [4.69, 9.17) is 0 Å². The molecule has 0 aromatic carbocycles. The van der Waals surface area contributed by atoms with Gasteiger partial charge in [-0.15, -0.1) is 0 Å². The Morgan fingerprint density at radius 2 is 2.19 bits per heavy atom. The highest BCUT2D eigenvalue weighted by Crippen LogP contribution is 2.37. The summed E-state index contributed by atoms with van der Waals surface area (Å²) >= 11 is 0. The first-order valence-corrected chi connectivity index (χ1v) is 8.75. The average molecular weight is 357 g/mol. The lowest BCUT2D eigenvalue weighted by Crippen LogP contribution is -2.43. The summed E-state index contributed by atoms with van der Waals surface area (Å²) < 4.78 is 13.6. The van der Waals surface area contributed by atoms with Crippen LogP contribution in [-0.4, -0.2) is 51.2 Å². The molecule has 1 aliphatic carbocycles. The van der Waals surface area contributed by atoms with Crippen LogP contribution in [0.4, 0.5) is 10.2 Å². The first-order valence-electron chi connectivity index (χ1n) is 8.75. The minimum absolute atomic E-state index is 0.00656. The van der Waals surface area contributed by atoms with Crippen LogP contribution in [-0.2, 0) is 0 Å². The molecule has 2 aromatic rings. The van der Waals surface area contributed by atoms with E-state index < -0.39 is 11.7 Å². The summed E-state index contributed by atoms with van der Waals surface area (Å²) in [5, 5.41) is 12.5. The number of rotatable bonds is 4. The van der Waals surface area contributed by atoms with Crippen molar-refractivity contribution in [2.75, 3.05) is 18.0 Å². The highest BCUT2D eigenvalue weighted by Gasteiger charge is 2.33. The van der Waals surface area contributed by atoms with Gasteiger partial charge in [0.1, 0.15) is 12.1 Å². The van der Waals surface area contributed by atoms with Crippen LogP contribution in [0.1, 0.15) is 41.2 Å². The molecule has 2 N–H and O–H groups in total. The fourth-order valence-electron chi connectivity index (χ4n) is 3.51. The van der Waals surface area contributed by atoms with Crippen molar-refractivity contribution in [2.24, 2.45) is 0 Å². The number of pyridine rings is 1. The van der Waals surface area contributed by atoms with E-state index in [0.717, 1.165) is 43.5 Å². The van der Waals surface area contributed by atoms with Gasteiger partial charge in [0.25, 0.3) is 5.91 Å². The van der Waals surface area contributed by atoms with E-state index in [9.17, 15) is 14.3 Å². The molecule has 0 unspecified atom stereocenters. The van der Waals surface area contributed by atoms with E-state index in [2.05, 4.69) is 25.2 Å². The van der Waals surface area contributed by atoms with E-state index in [1.54, 1.807) is 6.33 Å². The second-order valence-corrected chi connectivity index (χ2v) is 6.88. The predicted molar refractivity (Wildman–Crippen MR) is 92.3 cm³/mol. The molecule has 0 radical (unpaired) electrons. The van der Waals surface area contributed by atoms with Gasteiger partial charge in [-0.25, -0.2) is 14.4 Å². The second kappa shape index (κ2) is 6.95. The Bertz CT molecular complexity index is 812. The molecular weight excluding hydrogens is 337 g/mol. The summed E-state index contributed by atoms with van der Waals surface area (Å²) in [5.41, 5.74) is 0.956. The number of carbonyl (C=O) groups is 1. The van der Waals surface area contributed by atoms with Crippen molar-refractivity contribution in [1.29, 1.82) is 0 Å². The average Bonchev–Trinajstić information content (AvgIpc) is 3.04. The molecule has 1 saturated heterocycles. The second-order valence-electron chi connectivity index (χ2n) is 6.88. The lowest BCUT2D eigenvalue weighted by atomic mass is 9.78. The van der Waals surface area contributed by atoms with Gasteiger partial charge in [0.2, 0.25) is 0 Å². The zero-order valence-corrected chi connectivity index (χ0v) is 14.2. The summed E-state index contributed by atoms with van der Waals surface area (Å²) in [6.07, 6.45) is 5.96. The number of carbonyl (C=O) groups excluding carboxylic acids is 1. The van der Waals surface area contributed by atoms with Gasteiger partial charge < -0.3 is 15.3 Å². The Morgan fingerprint density at radius 1 is 1.35 bits per heavy atom. The molecule has 1 aliphatic heterocycles. The largest absolute Gasteiger partial charge is 0.391 e.